The van der Waals surface area contributed by atoms with Crippen molar-refractivity contribution in [3.8, 4) is 0 Å². The smallest absolute Gasteiger partial charge is 0 e. The summed E-state index contributed by atoms with van der Waals surface area (Å²) < 4.78 is 0. The monoisotopic (exact) mass is 644 g/mol. The van der Waals surface area contributed by atoms with E-state index in [4.69, 9.17) is 30.1 Å². The number of unbranched alkanes of at least 4 members (excludes halogenated alkanes) is 2. The largest absolute Gasteiger partial charge is 2.00 e. The molecule has 0 saturated carbocycles. The normalized spacial score (nSPS) is 6.14. The average molecular weight is 645 g/mol. The van der Waals surface area contributed by atoms with Crippen molar-refractivity contribution in [2.45, 2.75) is 79.1 Å². The number of carbonyl (C=O) groups excluding carboxylic acids is 2. The summed E-state index contributed by atoms with van der Waals surface area (Å²) in [5.74, 6) is -0.921. The van der Waals surface area contributed by atoms with Crippen LogP contribution in [0.2, 0.25) is 0 Å². The van der Waals surface area contributed by atoms with Crippen LogP contribution in [0.25, 0.3) is 11.5 Å². The Morgan fingerprint density at radius 1 is 0.714 bits per heavy atom. The van der Waals surface area contributed by atoms with Gasteiger partial charge in [0.1, 0.15) is 0 Å². The van der Waals surface area contributed by atoms with Crippen molar-refractivity contribution in [2.75, 3.05) is 0 Å². The van der Waals surface area contributed by atoms with E-state index >= 15 is 0 Å². The molecule has 0 aliphatic rings. The molecule has 12 heteroatoms. The second-order valence-corrected chi connectivity index (χ2v) is 6.70. The number of halogens is 2. The van der Waals surface area contributed by atoms with Gasteiger partial charge in [-0.25, -0.2) is 0 Å². The SMILES string of the molecule is CCCC([NH-])=O.CCCC([NH-])=O.[CH2-]CCC.[CH2-]CCC.[Cl][Ti][Cl].[Ti+2].[Ti].[Ti].[Ti].[Ti]. The van der Waals surface area contributed by atoms with Crippen LogP contribution >= 0.6 is 18.6 Å². The van der Waals surface area contributed by atoms with Crippen molar-refractivity contribution in [2.24, 2.45) is 0 Å². The zero-order valence-electron chi connectivity index (χ0n) is 17.6. The molecule has 0 aliphatic heterocycles. The van der Waals surface area contributed by atoms with Gasteiger partial charge in [-0.05, 0) is 12.8 Å². The van der Waals surface area contributed by atoms with Crippen LogP contribution in [-0.4, -0.2) is 11.8 Å². The fourth-order valence-corrected chi connectivity index (χ4v) is 0.454. The maximum absolute atomic E-state index is 9.71. The van der Waals surface area contributed by atoms with E-state index in [0.29, 0.717) is 12.8 Å². The fraction of sp³-hybridized carbons (Fsp3) is 0.750. The molecule has 0 aromatic heterocycles. The van der Waals surface area contributed by atoms with Gasteiger partial charge in [0.15, 0.2) is 0 Å². The quantitative estimate of drug-likeness (QED) is 0.224. The van der Waals surface area contributed by atoms with Gasteiger partial charge in [-0.15, -0.1) is 0 Å². The van der Waals surface area contributed by atoms with Crippen LogP contribution in [-0.2, 0) is 135 Å². The third kappa shape index (κ3) is 177. The Hall–Kier alpha value is 3.81. The van der Waals surface area contributed by atoms with Crippen molar-refractivity contribution < 1.29 is 135 Å². The second-order valence-electron chi connectivity index (χ2n) is 4.12. The van der Waals surface area contributed by atoms with Crippen molar-refractivity contribution in [1.29, 1.82) is 0 Å². The predicted octanol–water partition coefficient (Wildman–Crippen LogP) is 7.34. The summed E-state index contributed by atoms with van der Waals surface area (Å²) in [4.78, 5) is 19.4. The van der Waals surface area contributed by atoms with Crippen LogP contribution in [0.5, 0.6) is 0 Å². The van der Waals surface area contributed by atoms with Crippen LogP contribution in [0, 0.1) is 13.8 Å². The summed E-state index contributed by atoms with van der Waals surface area (Å²) >= 11 is -0.556. The molecule has 28 heavy (non-hydrogen) atoms. The van der Waals surface area contributed by atoms with Crippen LogP contribution in [0.3, 0.4) is 0 Å². The molecule has 0 radical (unpaired) electrons. The van der Waals surface area contributed by atoms with E-state index in [-0.39, 0.29) is 109 Å². The molecule has 0 atom stereocenters. The van der Waals surface area contributed by atoms with Gasteiger partial charge >= 0.3 is 57.4 Å². The van der Waals surface area contributed by atoms with Crippen molar-refractivity contribution in [3.63, 3.8) is 0 Å². The van der Waals surface area contributed by atoms with Gasteiger partial charge < -0.3 is 34.9 Å². The van der Waals surface area contributed by atoms with Gasteiger partial charge in [-0.1, -0.05) is 53.4 Å². The summed E-state index contributed by atoms with van der Waals surface area (Å²) in [7, 11) is 9.78. The van der Waals surface area contributed by atoms with Crippen molar-refractivity contribution in [1.82, 2.24) is 0 Å². The third-order valence-electron chi connectivity index (χ3n) is 1.66. The molecule has 0 fully saturated rings. The molecule has 0 aromatic carbocycles. The van der Waals surface area contributed by atoms with Gasteiger partial charge in [0, 0.05) is 98.7 Å². The average Bonchev–Trinajstić information content (AvgIpc) is 2.49. The van der Waals surface area contributed by atoms with Crippen LogP contribution in [0.1, 0.15) is 79.1 Å². The Morgan fingerprint density at radius 3 is 0.857 bits per heavy atom. The zero-order chi connectivity index (χ0) is 19.5. The first-order valence-electron chi connectivity index (χ1n) is 7.82. The second kappa shape index (κ2) is 77.4. The number of carbonyl (C=O) groups is 2. The van der Waals surface area contributed by atoms with Crippen molar-refractivity contribution in [3.05, 3.63) is 25.3 Å². The molecule has 2 amide bonds. The number of hydrogen-bond acceptors (Lipinski definition) is 2. The van der Waals surface area contributed by atoms with E-state index in [1.165, 1.54) is 12.8 Å². The third-order valence-corrected chi connectivity index (χ3v) is 1.66. The van der Waals surface area contributed by atoms with E-state index in [2.05, 4.69) is 27.7 Å². The Kier molecular flexibility index (Phi) is 175. The van der Waals surface area contributed by atoms with Gasteiger partial charge in [0.2, 0.25) is 0 Å². The van der Waals surface area contributed by atoms with Crippen LogP contribution < -0.4 is 0 Å². The minimum Gasteiger partial charge on any atom is 0 e. The molecule has 0 spiro atoms. The molecule has 0 aromatic rings. The fourth-order valence-electron chi connectivity index (χ4n) is 0.454. The molecular formula is C16H34Cl2N2O2Ti6-2. The first kappa shape index (κ1) is 63.5. The van der Waals surface area contributed by atoms with E-state index in [9.17, 15) is 9.59 Å². The van der Waals surface area contributed by atoms with Crippen LogP contribution in [0.4, 0.5) is 0 Å². The molecule has 0 aliphatic carbocycles. The molecule has 0 saturated heterocycles. The molecular weight excluding hydrogens is 610 g/mol. The first-order chi connectivity index (χ1) is 10.8. The van der Waals surface area contributed by atoms with E-state index in [0.717, 1.165) is 25.7 Å². The molecule has 4 nitrogen and oxygen atoms in total. The molecule has 160 valence electrons. The number of hydrogen-bond donors (Lipinski definition) is 0. The summed E-state index contributed by atoms with van der Waals surface area (Å²) in [5, 5.41) is 0. The van der Waals surface area contributed by atoms with Gasteiger partial charge in [0.05, 0.1) is 0 Å². The Bertz CT molecular complexity index is 202. The molecule has 0 rings (SSSR count). The first-order valence-corrected chi connectivity index (χ1v) is 12.1. The number of rotatable bonds is 6. The van der Waals surface area contributed by atoms with E-state index in [1.807, 2.05) is 13.8 Å². The summed E-state index contributed by atoms with van der Waals surface area (Å²) in [5.41, 5.74) is 12.7. The predicted molar refractivity (Wildman–Crippen MR) is 101 cm³/mol. The topological polar surface area (TPSA) is 81.7 Å². The maximum atomic E-state index is 9.71. The minimum atomic E-state index is -0.556. The van der Waals surface area contributed by atoms with Crippen molar-refractivity contribution >= 4 is 30.4 Å². The standard InChI is InChI=1S/2C4H9NO.2C4H9.2ClH.6Ti/c2*1-2-3-4(5)6;2*1-3-4-2;;;;;;;;/h2*2-3H2,1H3,(H2,5,6);2*1,3-4H2,2H3;2*1H;;;;;;/q;;2*-1;;;;;;;2*+2/p-4. The summed E-state index contributed by atoms with van der Waals surface area (Å²) in [6.45, 7) is 15.2. The summed E-state index contributed by atoms with van der Waals surface area (Å²) in [6, 6.07) is 0. The Morgan fingerprint density at radius 2 is 0.857 bits per heavy atom. The van der Waals surface area contributed by atoms with E-state index < -0.39 is 28.8 Å². The molecule has 2 N–H and O–H groups in total. The maximum Gasteiger partial charge on any atom is 2.00 e. The minimum absolute atomic E-state index is 0. The Balaban J connectivity index is -0.0000000177. The van der Waals surface area contributed by atoms with Gasteiger partial charge in [-0.2, -0.15) is 12.8 Å². The van der Waals surface area contributed by atoms with Crippen LogP contribution in [0.15, 0.2) is 0 Å². The zero-order valence-corrected chi connectivity index (χ0v) is 28.5. The molecule has 0 bridgehead atoms. The number of nitrogens with one attached hydrogen (secondary N) is 2. The summed E-state index contributed by atoms with van der Waals surface area (Å²) in [6.07, 6.45) is 6.95. The Labute approximate surface area is 266 Å². The number of amides is 2. The van der Waals surface area contributed by atoms with Gasteiger partial charge in [0.25, 0.3) is 0 Å². The molecule has 0 unspecified atom stereocenters. The molecule has 0 heterocycles. The van der Waals surface area contributed by atoms with Gasteiger partial charge in [-0.3, -0.25) is 0 Å². The van der Waals surface area contributed by atoms with E-state index in [1.54, 1.807) is 0 Å².